The number of rotatable bonds is 5. The molecular formula is C19H17N5O3S. The Labute approximate surface area is 163 Å². The third kappa shape index (κ3) is 3.44. The van der Waals surface area contributed by atoms with Gasteiger partial charge in [-0.05, 0) is 43.7 Å². The maximum atomic E-state index is 12.7. The zero-order valence-electron chi connectivity index (χ0n) is 15.3. The fourth-order valence-corrected chi connectivity index (χ4v) is 3.86. The Hall–Kier alpha value is -3.33. The molecule has 142 valence electrons. The second-order valence-electron chi connectivity index (χ2n) is 6.33. The summed E-state index contributed by atoms with van der Waals surface area (Å²) >= 11 is 1.51. The molecule has 0 saturated carbocycles. The number of aromatic nitrogens is 4. The van der Waals surface area contributed by atoms with Crippen LogP contribution in [0.25, 0.3) is 21.7 Å². The SMILES string of the molecule is Cc1sc2ncn(CCC(=O)Nc3ccc(-c4nnco4)cc3)c(=O)c2c1C. The lowest BCUT2D eigenvalue weighted by molar-refractivity contribution is -0.116. The lowest BCUT2D eigenvalue weighted by Crippen LogP contribution is -2.23. The van der Waals surface area contributed by atoms with Crippen molar-refractivity contribution in [1.29, 1.82) is 0 Å². The number of hydrogen-bond donors (Lipinski definition) is 1. The van der Waals surface area contributed by atoms with Crippen LogP contribution in [0.4, 0.5) is 5.69 Å². The molecule has 0 aliphatic rings. The number of nitrogens with zero attached hydrogens (tertiary/aromatic N) is 4. The maximum absolute atomic E-state index is 12.7. The molecule has 0 atom stereocenters. The summed E-state index contributed by atoms with van der Waals surface area (Å²) in [5, 5.41) is 10.9. The van der Waals surface area contributed by atoms with Gasteiger partial charge in [0.15, 0.2) is 0 Å². The predicted molar refractivity (Wildman–Crippen MR) is 106 cm³/mol. The molecule has 3 heterocycles. The summed E-state index contributed by atoms with van der Waals surface area (Å²) in [6.45, 7) is 4.16. The number of carbonyl (C=O) groups excluding carboxylic acids is 1. The third-order valence-electron chi connectivity index (χ3n) is 4.51. The normalized spacial score (nSPS) is 11.1. The predicted octanol–water partition coefficient (Wildman–Crippen LogP) is 3.15. The van der Waals surface area contributed by atoms with E-state index in [0.717, 1.165) is 20.8 Å². The minimum Gasteiger partial charge on any atom is -0.423 e. The van der Waals surface area contributed by atoms with E-state index in [1.807, 2.05) is 13.8 Å². The molecule has 4 aromatic rings. The van der Waals surface area contributed by atoms with Gasteiger partial charge in [-0.2, -0.15) is 0 Å². The number of amides is 1. The largest absolute Gasteiger partial charge is 0.423 e. The van der Waals surface area contributed by atoms with E-state index in [1.54, 1.807) is 24.3 Å². The number of carbonyl (C=O) groups is 1. The standard InChI is InChI=1S/C19H17N5O3S/c1-11-12(2)28-18-16(11)19(26)24(9-20-18)8-7-15(25)22-14-5-3-13(4-6-14)17-23-21-10-27-17/h3-6,9-10H,7-8H2,1-2H3,(H,22,25). The zero-order valence-corrected chi connectivity index (χ0v) is 16.1. The Morgan fingerprint density at radius 1 is 1.25 bits per heavy atom. The molecule has 0 bridgehead atoms. The molecule has 8 nitrogen and oxygen atoms in total. The van der Waals surface area contributed by atoms with Gasteiger partial charge < -0.3 is 9.73 Å². The summed E-state index contributed by atoms with van der Waals surface area (Å²) < 4.78 is 6.62. The van der Waals surface area contributed by atoms with Gasteiger partial charge in [-0.1, -0.05) is 0 Å². The van der Waals surface area contributed by atoms with Crippen LogP contribution < -0.4 is 10.9 Å². The minimum atomic E-state index is -0.184. The molecule has 1 amide bonds. The van der Waals surface area contributed by atoms with Crippen molar-refractivity contribution in [2.24, 2.45) is 0 Å². The van der Waals surface area contributed by atoms with Crippen molar-refractivity contribution in [2.75, 3.05) is 5.32 Å². The van der Waals surface area contributed by atoms with E-state index in [9.17, 15) is 9.59 Å². The molecule has 3 aromatic heterocycles. The number of benzene rings is 1. The van der Waals surface area contributed by atoms with E-state index in [-0.39, 0.29) is 24.4 Å². The average Bonchev–Trinajstić information content (AvgIpc) is 3.31. The Bertz CT molecular complexity index is 1190. The monoisotopic (exact) mass is 395 g/mol. The quantitative estimate of drug-likeness (QED) is 0.557. The summed E-state index contributed by atoms with van der Waals surface area (Å²) in [6, 6.07) is 7.09. The van der Waals surface area contributed by atoms with Crippen molar-refractivity contribution in [1.82, 2.24) is 19.7 Å². The smallest absolute Gasteiger partial charge is 0.262 e. The van der Waals surface area contributed by atoms with Gasteiger partial charge in [0.25, 0.3) is 5.56 Å². The zero-order chi connectivity index (χ0) is 19.7. The van der Waals surface area contributed by atoms with Gasteiger partial charge in [0.1, 0.15) is 4.83 Å². The fraction of sp³-hybridized carbons (Fsp3) is 0.211. The van der Waals surface area contributed by atoms with E-state index in [2.05, 4.69) is 20.5 Å². The highest BCUT2D eigenvalue weighted by molar-refractivity contribution is 7.18. The molecule has 0 radical (unpaired) electrons. The van der Waals surface area contributed by atoms with Crippen LogP contribution >= 0.6 is 11.3 Å². The number of hydrogen-bond acceptors (Lipinski definition) is 7. The molecule has 28 heavy (non-hydrogen) atoms. The summed E-state index contributed by atoms with van der Waals surface area (Å²) in [6.07, 6.45) is 2.94. The second-order valence-corrected chi connectivity index (χ2v) is 7.53. The highest BCUT2D eigenvalue weighted by Gasteiger charge is 2.13. The molecule has 0 fully saturated rings. The van der Waals surface area contributed by atoms with Crippen LogP contribution in [0.3, 0.4) is 0 Å². The summed E-state index contributed by atoms with van der Waals surface area (Å²) in [7, 11) is 0. The Balaban J connectivity index is 1.42. The topological polar surface area (TPSA) is 103 Å². The van der Waals surface area contributed by atoms with Crippen molar-refractivity contribution in [3.63, 3.8) is 0 Å². The van der Waals surface area contributed by atoms with Crippen LogP contribution in [0.1, 0.15) is 16.9 Å². The van der Waals surface area contributed by atoms with Crippen LogP contribution in [0.5, 0.6) is 0 Å². The van der Waals surface area contributed by atoms with Crippen LogP contribution in [0, 0.1) is 13.8 Å². The summed E-state index contributed by atoms with van der Waals surface area (Å²) in [5.74, 6) is 0.231. The molecule has 9 heteroatoms. The lowest BCUT2D eigenvalue weighted by atomic mass is 10.2. The first-order valence-electron chi connectivity index (χ1n) is 8.64. The van der Waals surface area contributed by atoms with E-state index >= 15 is 0 Å². The van der Waals surface area contributed by atoms with Gasteiger partial charge in [0, 0.05) is 29.1 Å². The van der Waals surface area contributed by atoms with Gasteiger partial charge in [0.2, 0.25) is 18.2 Å². The summed E-state index contributed by atoms with van der Waals surface area (Å²) in [5.41, 5.74) is 2.27. The molecular weight excluding hydrogens is 378 g/mol. The Morgan fingerprint density at radius 2 is 2.04 bits per heavy atom. The van der Waals surface area contributed by atoms with Crippen LogP contribution in [-0.2, 0) is 11.3 Å². The number of thiophene rings is 1. The van der Waals surface area contributed by atoms with Crippen LogP contribution in [-0.4, -0.2) is 25.7 Å². The molecule has 0 unspecified atom stereocenters. The second kappa shape index (κ2) is 7.35. The molecule has 0 spiro atoms. The summed E-state index contributed by atoms with van der Waals surface area (Å²) in [4.78, 5) is 31.1. The van der Waals surface area contributed by atoms with Crippen molar-refractivity contribution in [2.45, 2.75) is 26.8 Å². The number of fused-ring (bicyclic) bond motifs is 1. The Kier molecular flexibility index (Phi) is 4.74. The van der Waals surface area contributed by atoms with Crippen LogP contribution in [0.2, 0.25) is 0 Å². The molecule has 1 N–H and O–H groups in total. The van der Waals surface area contributed by atoms with Gasteiger partial charge in [0.05, 0.1) is 11.7 Å². The van der Waals surface area contributed by atoms with Crippen molar-refractivity contribution in [3.8, 4) is 11.5 Å². The minimum absolute atomic E-state index is 0.108. The molecule has 0 aliphatic heterocycles. The number of anilines is 1. The molecule has 4 rings (SSSR count). The van der Waals surface area contributed by atoms with Crippen molar-refractivity contribution < 1.29 is 9.21 Å². The first kappa shape index (κ1) is 18.1. The molecule has 0 saturated heterocycles. The lowest BCUT2D eigenvalue weighted by Gasteiger charge is -2.07. The van der Waals surface area contributed by atoms with Gasteiger partial charge >= 0.3 is 0 Å². The molecule has 1 aromatic carbocycles. The highest BCUT2D eigenvalue weighted by atomic mass is 32.1. The van der Waals surface area contributed by atoms with Crippen molar-refractivity contribution >= 4 is 33.1 Å². The first-order chi connectivity index (χ1) is 13.5. The van der Waals surface area contributed by atoms with E-state index in [0.29, 0.717) is 17.0 Å². The van der Waals surface area contributed by atoms with Gasteiger partial charge in [-0.15, -0.1) is 21.5 Å². The third-order valence-corrected chi connectivity index (χ3v) is 5.63. The van der Waals surface area contributed by atoms with E-state index < -0.39 is 0 Å². The fourth-order valence-electron chi connectivity index (χ4n) is 2.87. The number of aryl methyl sites for hydroxylation is 3. The Morgan fingerprint density at radius 3 is 2.75 bits per heavy atom. The maximum Gasteiger partial charge on any atom is 0.262 e. The van der Waals surface area contributed by atoms with Gasteiger partial charge in [-0.25, -0.2) is 4.98 Å². The van der Waals surface area contributed by atoms with Crippen molar-refractivity contribution in [3.05, 3.63) is 57.8 Å². The van der Waals surface area contributed by atoms with E-state index in [1.165, 1.54) is 28.6 Å². The van der Waals surface area contributed by atoms with E-state index in [4.69, 9.17) is 4.42 Å². The molecule has 0 aliphatic carbocycles. The number of nitrogens with one attached hydrogen (secondary N) is 1. The van der Waals surface area contributed by atoms with Crippen LogP contribution in [0.15, 0.2) is 46.2 Å². The first-order valence-corrected chi connectivity index (χ1v) is 9.46. The highest BCUT2D eigenvalue weighted by Crippen LogP contribution is 2.25. The average molecular weight is 395 g/mol. The van der Waals surface area contributed by atoms with Gasteiger partial charge in [-0.3, -0.25) is 14.2 Å².